The Labute approximate surface area is 129 Å². The summed E-state index contributed by atoms with van der Waals surface area (Å²) >= 11 is 0. The van der Waals surface area contributed by atoms with Crippen molar-refractivity contribution in [1.82, 2.24) is 0 Å². The number of anilines is 1. The van der Waals surface area contributed by atoms with E-state index in [0.717, 1.165) is 17.9 Å². The molecule has 0 atom stereocenters. The molecule has 2 rings (SSSR count). The topological polar surface area (TPSA) is 67.8 Å². The quantitative estimate of drug-likeness (QED) is 0.732. The van der Waals surface area contributed by atoms with Gasteiger partial charge in [0.1, 0.15) is 11.5 Å². The number of carboxylic acids is 1. The predicted molar refractivity (Wildman–Crippen MR) is 85.0 cm³/mol. The molecule has 0 aromatic heterocycles. The van der Waals surface area contributed by atoms with Gasteiger partial charge in [-0.25, -0.2) is 4.79 Å². The van der Waals surface area contributed by atoms with E-state index < -0.39 is 5.97 Å². The Bertz CT molecular complexity index is 610. The Morgan fingerprint density at radius 3 is 2.45 bits per heavy atom. The van der Waals surface area contributed by atoms with Gasteiger partial charge in [-0.3, -0.25) is 0 Å². The summed E-state index contributed by atoms with van der Waals surface area (Å²) in [5.74, 6) is 0.642. The van der Waals surface area contributed by atoms with E-state index in [1.165, 1.54) is 0 Å². The highest BCUT2D eigenvalue weighted by Crippen LogP contribution is 2.17. The molecule has 116 valence electrons. The molecule has 5 heteroatoms. The summed E-state index contributed by atoms with van der Waals surface area (Å²) in [7, 11) is 1.62. The molecule has 0 aliphatic carbocycles. The van der Waals surface area contributed by atoms with E-state index in [2.05, 4.69) is 5.32 Å². The highest BCUT2D eigenvalue weighted by Gasteiger charge is 2.07. The second-order valence-corrected chi connectivity index (χ2v) is 4.66. The van der Waals surface area contributed by atoms with Crippen LogP contribution in [0.15, 0.2) is 48.5 Å². The van der Waals surface area contributed by atoms with Gasteiger partial charge in [0.2, 0.25) is 0 Å². The Kier molecular flexibility index (Phi) is 5.65. The number of ether oxygens (including phenoxy) is 2. The van der Waals surface area contributed by atoms with Gasteiger partial charge in [0.15, 0.2) is 0 Å². The van der Waals surface area contributed by atoms with E-state index in [1.807, 2.05) is 30.3 Å². The molecule has 2 aromatic rings. The zero-order chi connectivity index (χ0) is 15.8. The summed E-state index contributed by atoms with van der Waals surface area (Å²) in [6, 6.07) is 14.3. The lowest BCUT2D eigenvalue weighted by atomic mass is 10.2. The standard InChI is InChI=1S/C17H19NO4/c1-21-13-7-9-14(10-8-13)22-12-4-11-18-16-6-3-2-5-15(16)17(19)20/h2-3,5-10,18H,4,11-12H2,1H3,(H,19,20). The Morgan fingerprint density at radius 1 is 1.09 bits per heavy atom. The van der Waals surface area contributed by atoms with Crippen LogP contribution in [0.2, 0.25) is 0 Å². The molecule has 0 saturated carbocycles. The Hall–Kier alpha value is -2.69. The molecule has 2 aromatic carbocycles. The third-order valence-corrected chi connectivity index (χ3v) is 3.12. The van der Waals surface area contributed by atoms with Crippen LogP contribution in [0.25, 0.3) is 0 Å². The van der Waals surface area contributed by atoms with Gasteiger partial charge in [-0.2, -0.15) is 0 Å². The molecule has 5 nitrogen and oxygen atoms in total. The van der Waals surface area contributed by atoms with Crippen molar-refractivity contribution in [1.29, 1.82) is 0 Å². The van der Waals surface area contributed by atoms with Crippen LogP contribution in [0, 0.1) is 0 Å². The fraction of sp³-hybridized carbons (Fsp3) is 0.235. The van der Waals surface area contributed by atoms with Crippen molar-refractivity contribution in [2.45, 2.75) is 6.42 Å². The molecule has 0 heterocycles. The lowest BCUT2D eigenvalue weighted by Gasteiger charge is -2.10. The van der Waals surface area contributed by atoms with Gasteiger partial charge in [0, 0.05) is 12.2 Å². The molecule has 0 radical (unpaired) electrons. The van der Waals surface area contributed by atoms with Crippen molar-refractivity contribution in [3.63, 3.8) is 0 Å². The van der Waals surface area contributed by atoms with Gasteiger partial charge >= 0.3 is 5.97 Å². The summed E-state index contributed by atoms with van der Waals surface area (Å²) < 4.78 is 10.7. The molecule has 0 amide bonds. The minimum atomic E-state index is -0.933. The van der Waals surface area contributed by atoms with Crippen LogP contribution in [0.5, 0.6) is 11.5 Å². The van der Waals surface area contributed by atoms with E-state index in [4.69, 9.17) is 14.6 Å². The third kappa shape index (κ3) is 4.41. The smallest absolute Gasteiger partial charge is 0.337 e. The first-order valence-electron chi connectivity index (χ1n) is 7.04. The van der Waals surface area contributed by atoms with Gasteiger partial charge in [-0.05, 0) is 42.8 Å². The largest absolute Gasteiger partial charge is 0.497 e. The van der Waals surface area contributed by atoms with Crippen LogP contribution in [0.3, 0.4) is 0 Å². The van der Waals surface area contributed by atoms with Crippen LogP contribution in [0.4, 0.5) is 5.69 Å². The van der Waals surface area contributed by atoms with E-state index in [9.17, 15) is 4.79 Å². The maximum Gasteiger partial charge on any atom is 0.337 e. The molecular weight excluding hydrogens is 282 g/mol. The molecule has 0 aliphatic heterocycles. The number of carboxylic acid groups (broad SMARTS) is 1. The average molecular weight is 301 g/mol. The second-order valence-electron chi connectivity index (χ2n) is 4.66. The normalized spacial score (nSPS) is 10.0. The summed E-state index contributed by atoms with van der Waals surface area (Å²) in [5, 5.41) is 12.2. The van der Waals surface area contributed by atoms with E-state index in [1.54, 1.807) is 25.3 Å². The average Bonchev–Trinajstić information content (AvgIpc) is 2.55. The predicted octanol–water partition coefficient (Wildman–Crippen LogP) is 3.27. The Balaban J connectivity index is 1.74. The minimum Gasteiger partial charge on any atom is -0.497 e. The molecular formula is C17H19NO4. The number of hydrogen-bond acceptors (Lipinski definition) is 4. The van der Waals surface area contributed by atoms with Crippen molar-refractivity contribution in [2.75, 3.05) is 25.6 Å². The van der Waals surface area contributed by atoms with Crippen LogP contribution in [-0.2, 0) is 0 Å². The third-order valence-electron chi connectivity index (χ3n) is 3.12. The molecule has 0 spiro atoms. The van der Waals surface area contributed by atoms with Crippen molar-refractivity contribution in [3.8, 4) is 11.5 Å². The van der Waals surface area contributed by atoms with Crippen molar-refractivity contribution >= 4 is 11.7 Å². The van der Waals surface area contributed by atoms with Crippen molar-refractivity contribution in [3.05, 3.63) is 54.1 Å². The Morgan fingerprint density at radius 2 is 1.77 bits per heavy atom. The van der Waals surface area contributed by atoms with E-state index in [-0.39, 0.29) is 5.56 Å². The lowest BCUT2D eigenvalue weighted by molar-refractivity contribution is 0.0698. The molecule has 0 bridgehead atoms. The molecule has 0 aliphatic rings. The second kappa shape index (κ2) is 7.93. The number of carbonyl (C=O) groups is 1. The van der Waals surface area contributed by atoms with Gasteiger partial charge in [-0.1, -0.05) is 12.1 Å². The summed E-state index contributed by atoms with van der Waals surface area (Å²) in [6.07, 6.45) is 0.764. The van der Waals surface area contributed by atoms with Crippen LogP contribution in [0.1, 0.15) is 16.8 Å². The maximum absolute atomic E-state index is 11.1. The van der Waals surface area contributed by atoms with E-state index in [0.29, 0.717) is 18.8 Å². The molecule has 0 fully saturated rings. The van der Waals surface area contributed by atoms with Gasteiger partial charge < -0.3 is 19.9 Å². The molecule has 0 saturated heterocycles. The highest BCUT2D eigenvalue weighted by atomic mass is 16.5. The summed E-state index contributed by atoms with van der Waals surface area (Å²) in [4.78, 5) is 11.1. The van der Waals surface area contributed by atoms with E-state index >= 15 is 0 Å². The first-order chi connectivity index (χ1) is 10.7. The number of benzene rings is 2. The highest BCUT2D eigenvalue weighted by molar-refractivity contribution is 5.94. The molecule has 2 N–H and O–H groups in total. The van der Waals surface area contributed by atoms with Gasteiger partial charge in [0.05, 0.1) is 19.3 Å². The van der Waals surface area contributed by atoms with Crippen LogP contribution >= 0.6 is 0 Å². The molecule has 0 unspecified atom stereocenters. The minimum absolute atomic E-state index is 0.276. The van der Waals surface area contributed by atoms with Gasteiger partial charge in [0.25, 0.3) is 0 Å². The summed E-state index contributed by atoms with van der Waals surface area (Å²) in [6.45, 7) is 1.19. The lowest BCUT2D eigenvalue weighted by Crippen LogP contribution is -2.10. The number of nitrogens with one attached hydrogen (secondary N) is 1. The number of aromatic carboxylic acids is 1. The van der Waals surface area contributed by atoms with Crippen molar-refractivity contribution < 1.29 is 19.4 Å². The van der Waals surface area contributed by atoms with Crippen LogP contribution < -0.4 is 14.8 Å². The van der Waals surface area contributed by atoms with Crippen LogP contribution in [-0.4, -0.2) is 31.3 Å². The molecule has 22 heavy (non-hydrogen) atoms. The maximum atomic E-state index is 11.1. The fourth-order valence-electron chi connectivity index (χ4n) is 1.98. The SMILES string of the molecule is COc1ccc(OCCCNc2ccccc2C(=O)O)cc1. The number of rotatable bonds is 8. The summed E-state index contributed by atoms with van der Waals surface area (Å²) in [5.41, 5.74) is 0.901. The zero-order valence-electron chi connectivity index (χ0n) is 12.4. The monoisotopic (exact) mass is 301 g/mol. The first kappa shape index (κ1) is 15.7. The first-order valence-corrected chi connectivity index (χ1v) is 7.04. The number of methoxy groups -OCH3 is 1. The van der Waals surface area contributed by atoms with Crippen molar-refractivity contribution in [2.24, 2.45) is 0 Å². The van der Waals surface area contributed by atoms with Gasteiger partial charge in [-0.15, -0.1) is 0 Å². The fourth-order valence-corrected chi connectivity index (χ4v) is 1.98. The zero-order valence-corrected chi connectivity index (χ0v) is 12.4. The number of para-hydroxylation sites is 1. The number of hydrogen-bond donors (Lipinski definition) is 2.